The highest BCUT2D eigenvalue weighted by atomic mass is 16.4. The Hall–Kier alpha value is -2.62. The highest BCUT2D eigenvalue weighted by Gasteiger charge is 2.25. The molecule has 0 atom stereocenters. The van der Waals surface area contributed by atoms with Crippen molar-refractivity contribution in [1.29, 1.82) is 0 Å². The number of hydrogen-bond acceptors (Lipinski definition) is 3. The maximum absolute atomic E-state index is 6.02. The quantitative estimate of drug-likeness (QED) is 0.498. The molecule has 0 radical (unpaired) electrons. The van der Waals surface area contributed by atoms with Crippen LogP contribution in [0.2, 0.25) is 0 Å². The molecule has 0 saturated carbocycles. The highest BCUT2D eigenvalue weighted by molar-refractivity contribution is 6.02. The lowest BCUT2D eigenvalue weighted by molar-refractivity contribution is -0.662. The van der Waals surface area contributed by atoms with Gasteiger partial charge in [-0.15, -0.1) is 0 Å². The molecule has 4 rings (SSSR count). The van der Waals surface area contributed by atoms with E-state index in [1.807, 2.05) is 24.0 Å². The Morgan fingerprint density at radius 2 is 1.91 bits per heavy atom. The van der Waals surface area contributed by atoms with Gasteiger partial charge in [-0.1, -0.05) is 11.6 Å². The van der Waals surface area contributed by atoms with Gasteiger partial charge in [0.25, 0.3) is 11.8 Å². The van der Waals surface area contributed by atoms with Crippen LogP contribution in [-0.4, -0.2) is 4.98 Å². The molecule has 0 N–H and O–H groups in total. The fourth-order valence-electron chi connectivity index (χ4n) is 3.05. The molecule has 3 aromatic heterocycles. The number of aromatic nitrogens is 2. The summed E-state index contributed by atoms with van der Waals surface area (Å²) in [5.41, 5.74) is 8.94. The van der Waals surface area contributed by atoms with Crippen molar-refractivity contribution >= 4 is 22.3 Å². The summed E-state index contributed by atoms with van der Waals surface area (Å²) in [4.78, 5) is 4.48. The maximum atomic E-state index is 6.02. The molecule has 0 spiro atoms. The summed E-state index contributed by atoms with van der Waals surface area (Å²) in [6.45, 7) is 6.39. The first-order valence-electron chi connectivity index (χ1n) is 7.29. The molecule has 22 heavy (non-hydrogen) atoms. The van der Waals surface area contributed by atoms with Crippen molar-refractivity contribution in [1.82, 2.24) is 4.98 Å². The van der Waals surface area contributed by atoms with Crippen molar-refractivity contribution in [3.63, 3.8) is 0 Å². The molecule has 0 aliphatic rings. The Morgan fingerprint density at radius 3 is 2.73 bits per heavy atom. The van der Waals surface area contributed by atoms with E-state index in [1.165, 1.54) is 22.3 Å². The maximum Gasteiger partial charge on any atom is 0.287 e. The smallest absolute Gasteiger partial charge is 0.287 e. The van der Waals surface area contributed by atoms with Crippen molar-refractivity contribution in [2.24, 2.45) is 7.05 Å². The van der Waals surface area contributed by atoms with Crippen LogP contribution in [0.3, 0.4) is 0 Å². The van der Waals surface area contributed by atoms with Gasteiger partial charge < -0.3 is 8.83 Å². The zero-order chi connectivity index (χ0) is 15.4. The normalized spacial score (nSPS) is 11.6. The molecule has 4 aromatic rings. The van der Waals surface area contributed by atoms with E-state index < -0.39 is 0 Å². The van der Waals surface area contributed by atoms with E-state index in [9.17, 15) is 0 Å². The number of hydrogen-bond donors (Lipinski definition) is 0. The molecule has 4 nitrogen and oxygen atoms in total. The molecular formula is C18H17N2O2+. The van der Waals surface area contributed by atoms with E-state index >= 15 is 0 Å². The van der Waals surface area contributed by atoms with Gasteiger partial charge in [0.2, 0.25) is 11.2 Å². The monoisotopic (exact) mass is 293 g/mol. The molecule has 1 aromatic carbocycles. The fourth-order valence-corrected chi connectivity index (χ4v) is 3.05. The summed E-state index contributed by atoms with van der Waals surface area (Å²) in [5, 5.41) is 0. The molecule has 0 fully saturated rings. The summed E-state index contributed by atoms with van der Waals surface area (Å²) in [6.07, 6.45) is 3.44. The van der Waals surface area contributed by atoms with Crippen molar-refractivity contribution in [3.8, 4) is 11.3 Å². The molecule has 4 heteroatoms. The largest absolute Gasteiger partial charge is 0.456 e. The molecule has 110 valence electrons. The summed E-state index contributed by atoms with van der Waals surface area (Å²) in [6, 6.07) is 6.22. The molecular weight excluding hydrogens is 276 g/mol. The van der Waals surface area contributed by atoms with Crippen molar-refractivity contribution in [3.05, 3.63) is 47.5 Å². The number of benzene rings is 1. The predicted molar refractivity (Wildman–Crippen MR) is 84.6 cm³/mol. The molecule has 3 heterocycles. The van der Waals surface area contributed by atoms with Crippen LogP contribution < -0.4 is 4.57 Å². The average molecular weight is 293 g/mol. The lowest BCUT2D eigenvalue weighted by Crippen LogP contribution is -2.31. The average Bonchev–Trinajstić information content (AvgIpc) is 3.03. The van der Waals surface area contributed by atoms with Gasteiger partial charge in [-0.25, -0.2) is 4.57 Å². The van der Waals surface area contributed by atoms with Gasteiger partial charge in [0.1, 0.15) is 0 Å². The third-order valence-corrected chi connectivity index (χ3v) is 4.27. The second kappa shape index (κ2) is 4.44. The first kappa shape index (κ1) is 13.1. The van der Waals surface area contributed by atoms with E-state index in [1.54, 1.807) is 6.26 Å². The van der Waals surface area contributed by atoms with Gasteiger partial charge in [0, 0.05) is 11.6 Å². The first-order chi connectivity index (χ1) is 10.6. The van der Waals surface area contributed by atoms with Crippen LogP contribution in [0.5, 0.6) is 0 Å². The third kappa shape index (κ3) is 1.70. The Labute approximate surface area is 128 Å². The van der Waals surface area contributed by atoms with Crippen LogP contribution in [0.15, 0.2) is 39.6 Å². The molecule has 0 aliphatic heterocycles. The fraction of sp³-hybridized carbons (Fsp3) is 0.222. The lowest BCUT2D eigenvalue weighted by Gasteiger charge is -2.10. The van der Waals surface area contributed by atoms with Crippen LogP contribution in [0.25, 0.3) is 33.5 Å². The zero-order valence-electron chi connectivity index (χ0n) is 13.1. The number of furan rings is 2. The topological polar surface area (TPSA) is 43.1 Å². The molecule has 0 unspecified atom stereocenters. The van der Waals surface area contributed by atoms with Gasteiger partial charge in [0.05, 0.1) is 13.3 Å². The number of fused-ring (bicyclic) bond motifs is 3. The minimum absolute atomic E-state index is 0.707. The van der Waals surface area contributed by atoms with E-state index in [0.29, 0.717) is 5.58 Å². The summed E-state index contributed by atoms with van der Waals surface area (Å²) in [7, 11) is 1.99. The van der Waals surface area contributed by atoms with Crippen LogP contribution in [0.4, 0.5) is 0 Å². The van der Waals surface area contributed by atoms with Gasteiger partial charge >= 0.3 is 0 Å². The van der Waals surface area contributed by atoms with Gasteiger partial charge in [-0.05, 0) is 42.9 Å². The summed E-state index contributed by atoms with van der Waals surface area (Å²) >= 11 is 0. The van der Waals surface area contributed by atoms with Crippen LogP contribution in [-0.2, 0) is 7.05 Å². The minimum atomic E-state index is 0.707. The number of rotatable bonds is 1. The summed E-state index contributed by atoms with van der Waals surface area (Å²) < 4.78 is 13.5. The zero-order valence-corrected chi connectivity index (χ0v) is 13.1. The Morgan fingerprint density at radius 1 is 1.09 bits per heavy atom. The number of nitrogens with zero attached hydrogens (tertiary/aromatic N) is 2. The molecule has 0 aliphatic carbocycles. The third-order valence-electron chi connectivity index (χ3n) is 4.27. The molecule has 0 bridgehead atoms. The van der Waals surface area contributed by atoms with E-state index in [2.05, 4.69) is 37.9 Å². The minimum Gasteiger partial charge on any atom is -0.456 e. The van der Waals surface area contributed by atoms with E-state index in [4.69, 9.17) is 8.83 Å². The van der Waals surface area contributed by atoms with Crippen LogP contribution >= 0.6 is 0 Å². The van der Waals surface area contributed by atoms with Gasteiger partial charge in [-0.2, -0.15) is 0 Å². The standard InChI is InChI=1S/C18H17N2O2/c1-10-7-11(2)12(3)13(8-10)16-18-15(19-9-20(16)4)17-14(22-18)5-6-21-17/h5-9H,1-4H3/q+1. The summed E-state index contributed by atoms with van der Waals surface area (Å²) in [5.74, 6) is 0. The van der Waals surface area contributed by atoms with Crippen LogP contribution in [0.1, 0.15) is 16.7 Å². The van der Waals surface area contributed by atoms with Crippen LogP contribution in [0, 0.1) is 20.8 Å². The highest BCUT2D eigenvalue weighted by Crippen LogP contribution is 2.34. The first-order valence-corrected chi connectivity index (χ1v) is 7.29. The SMILES string of the molecule is Cc1cc(C)c(C)c(-c2c3oc4ccoc4c3nc[n+]2C)c1. The lowest BCUT2D eigenvalue weighted by atomic mass is 9.97. The van der Waals surface area contributed by atoms with Crippen molar-refractivity contribution in [2.75, 3.05) is 0 Å². The Kier molecular flexibility index (Phi) is 2.64. The van der Waals surface area contributed by atoms with Crippen molar-refractivity contribution in [2.45, 2.75) is 20.8 Å². The van der Waals surface area contributed by atoms with Crippen molar-refractivity contribution < 1.29 is 13.4 Å². The second-order valence-corrected chi connectivity index (χ2v) is 5.85. The van der Waals surface area contributed by atoms with E-state index in [-0.39, 0.29) is 0 Å². The molecule has 0 amide bonds. The van der Waals surface area contributed by atoms with Gasteiger partial charge in [-0.3, -0.25) is 0 Å². The second-order valence-electron chi connectivity index (χ2n) is 5.85. The molecule has 0 saturated heterocycles. The number of aryl methyl sites for hydroxylation is 3. The van der Waals surface area contributed by atoms with Gasteiger partial charge in [0.15, 0.2) is 11.3 Å². The Bertz CT molecular complexity index is 1020. The van der Waals surface area contributed by atoms with E-state index in [0.717, 1.165) is 22.4 Å². The predicted octanol–water partition coefficient (Wildman–Crippen LogP) is 3.99. The Balaban J connectivity index is 2.16.